The van der Waals surface area contributed by atoms with E-state index in [1.807, 2.05) is 12.1 Å². The van der Waals surface area contributed by atoms with Crippen LogP contribution in [0.5, 0.6) is 0 Å². The minimum absolute atomic E-state index is 0.372. The number of thiophene rings is 1. The molecule has 0 aliphatic heterocycles. The minimum Gasteiger partial charge on any atom is -0.356 e. The fraction of sp³-hybridized carbons (Fsp3) is 0.0556. The van der Waals surface area contributed by atoms with Crippen LogP contribution in [0.3, 0.4) is 0 Å². The second kappa shape index (κ2) is 5.65. The Hall–Kier alpha value is -2.86. The molecule has 0 spiro atoms. The third-order valence-electron chi connectivity index (χ3n) is 3.84. The zero-order valence-electron chi connectivity index (χ0n) is 12.6. The van der Waals surface area contributed by atoms with Crippen molar-refractivity contribution in [3.63, 3.8) is 0 Å². The highest BCUT2D eigenvalue weighted by molar-refractivity contribution is 7.17. The Balaban J connectivity index is 1.98. The summed E-state index contributed by atoms with van der Waals surface area (Å²) in [5, 5.41) is 4.52. The number of fused-ring (bicyclic) bond motifs is 1. The van der Waals surface area contributed by atoms with Gasteiger partial charge < -0.3 is 4.52 Å². The summed E-state index contributed by atoms with van der Waals surface area (Å²) in [4.78, 5) is 16.4. The molecule has 118 valence electrons. The van der Waals surface area contributed by atoms with Gasteiger partial charge in [-0.05, 0) is 42.8 Å². The molecule has 4 aromatic rings. The quantitative estimate of drug-likeness (QED) is 0.500. The minimum atomic E-state index is -0.372. The fourth-order valence-corrected chi connectivity index (χ4v) is 3.68. The van der Waals surface area contributed by atoms with E-state index in [0.29, 0.717) is 32.0 Å². The van der Waals surface area contributed by atoms with Crippen LogP contribution in [0.2, 0.25) is 0 Å². The first-order valence-corrected chi connectivity index (χ1v) is 8.04. The van der Waals surface area contributed by atoms with Crippen LogP contribution < -0.4 is 0 Å². The first kappa shape index (κ1) is 14.7. The third-order valence-corrected chi connectivity index (χ3v) is 4.94. The predicted octanol–water partition coefficient (Wildman–Crippen LogP) is 4.88. The Morgan fingerprint density at radius 1 is 1.17 bits per heavy atom. The second-order valence-corrected chi connectivity index (χ2v) is 6.43. The lowest BCUT2D eigenvalue weighted by Gasteiger charge is -2.05. The van der Waals surface area contributed by atoms with Gasteiger partial charge in [0, 0.05) is 33.8 Å². The number of carbonyl (C=O) groups is 1. The van der Waals surface area contributed by atoms with E-state index in [4.69, 9.17) is 4.52 Å². The molecule has 3 heterocycles. The zero-order chi connectivity index (χ0) is 16.7. The highest BCUT2D eigenvalue weighted by Crippen LogP contribution is 2.41. The van der Waals surface area contributed by atoms with Crippen LogP contribution in [0.4, 0.5) is 4.39 Å². The lowest BCUT2D eigenvalue weighted by molar-refractivity contribution is 0.112. The molecule has 0 N–H and O–H groups in total. The van der Waals surface area contributed by atoms with Crippen LogP contribution in [0, 0.1) is 12.7 Å². The summed E-state index contributed by atoms with van der Waals surface area (Å²) in [5.74, 6) is -0.372. The number of hydrogen-bond donors (Lipinski definition) is 0. The molecule has 0 fully saturated rings. The fourth-order valence-electron chi connectivity index (χ4n) is 2.67. The van der Waals surface area contributed by atoms with Crippen LogP contribution >= 0.6 is 11.3 Å². The summed E-state index contributed by atoms with van der Waals surface area (Å²) in [5.41, 5.74) is 3.22. The van der Waals surface area contributed by atoms with E-state index in [-0.39, 0.29) is 5.82 Å². The maximum absolute atomic E-state index is 14.7. The summed E-state index contributed by atoms with van der Waals surface area (Å²) in [6, 6.07) is 8.48. The molecule has 1 aromatic carbocycles. The molecular weight excluding hydrogens is 327 g/mol. The van der Waals surface area contributed by atoms with Crippen molar-refractivity contribution in [2.75, 3.05) is 0 Å². The van der Waals surface area contributed by atoms with E-state index >= 15 is 0 Å². The maximum atomic E-state index is 14.7. The second-order valence-electron chi connectivity index (χ2n) is 5.34. The van der Waals surface area contributed by atoms with Crippen LogP contribution in [0.1, 0.15) is 15.4 Å². The van der Waals surface area contributed by atoms with Gasteiger partial charge in [-0.25, -0.2) is 4.39 Å². The van der Waals surface area contributed by atoms with Gasteiger partial charge in [-0.3, -0.25) is 9.78 Å². The standard InChI is InChI=1S/C18H11FN2O2S/c1-10-13-7-16(19)15(8-17(13)23-21-10)18-14(6-12(9-22)24-18)11-2-4-20-5-3-11/h2-9H,1H3. The average molecular weight is 338 g/mol. The summed E-state index contributed by atoms with van der Waals surface area (Å²) in [6.45, 7) is 1.77. The molecule has 0 bridgehead atoms. The van der Waals surface area contributed by atoms with Gasteiger partial charge in [-0.15, -0.1) is 11.3 Å². The third kappa shape index (κ3) is 2.32. The Morgan fingerprint density at radius 3 is 2.71 bits per heavy atom. The van der Waals surface area contributed by atoms with E-state index < -0.39 is 0 Å². The van der Waals surface area contributed by atoms with Crippen LogP contribution in [-0.4, -0.2) is 16.4 Å². The molecule has 0 aliphatic carbocycles. The topological polar surface area (TPSA) is 56.0 Å². The van der Waals surface area contributed by atoms with E-state index in [2.05, 4.69) is 10.1 Å². The smallest absolute Gasteiger partial charge is 0.167 e. The van der Waals surface area contributed by atoms with Crippen molar-refractivity contribution in [2.24, 2.45) is 0 Å². The molecule has 0 unspecified atom stereocenters. The number of benzene rings is 1. The Morgan fingerprint density at radius 2 is 1.96 bits per heavy atom. The average Bonchev–Trinajstić information content (AvgIpc) is 3.19. The Bertz CT molecular complexity index is 1050. The molecule has 0 saturated heterocycles. The molecular formula is C18H11FN2O2S. The van der Waals surface area contributed by atoms with Crippen molar-refractivity contribution in [1.82, 2.24) is 10.1 Å². The van der Waals surface area contributed by atoms with Gasteiger partial charge in [0.15, 0.2) is 11.9 Å². The molecule has 0 saturated carbocycles. The molecule has 3 aromatic heterocycles. The highest BCUT2D eigenvalue weighted by atomic mass is 32.1. The van der Waals surface area contributed by atoms with Crippen molar-refractivity contribution in [3.05, 3.63) is 59.1 Å². The first-order valence-electron chi connectivity index (χ1n) is 7.22. The largest absolute Gasteiger partial charge is 0.356 e. The number of carbonyl (C=O) groups excluding carboxylic acids is 1. The van der Waals surface area contributed by atoms with Crippen molar-refractivity contribution in [3.8, 4) is 21.6 Å². The highest BCUT2D eigenvalue weighted by Gasteiger charge is 2.18. The first-order chi connectivity index (χ1) is 11.7. The predicted molar refractivity (Wildman–Crippen MR) is 90.6 cm³/mol. The number of halogens is 1. The number of rotatable bonds is 3. The molecule has 4 rings (SSSR count). The van der Waals surface area contributed by atoms with Gasteiger partial charge in [-0.2, -0.15) is 0 Å². The van der Waals surface area contributed by atoms with Crippen molar-refractivity contribution < 1.29 is 13.7 Å². The van der Waals surface area contributed by atoms with Crippen LogP contribution in [-0.2, 0) is 0 Å². The van der Waals surface area contributed by atoms with Crippen molar-refractivity contribution >= 4 is 28.6 Å². The lowest BCUT2D eigenvalue weighted by Crippen LogP contribution is -1.85. The summed E-state index contributed by atoms with van der Waals surface area (Å²) >= 11 is 1.25. The van der Waals surface area contributed by atoms with E-state index in [1.54, 1.807) is 31.5 Å². The van der Waals surface area contributed by atoms with E-state index in [0.717, 1.165) is 17.4 Å². The Kier molecular flexibility index (Phi) is 3.46. The maximum Gasteiger partial charge on any atom is 0.167 e. The zero-order valence-corrected chi connectivity index (χ0v) is 13.4. The van der Waals surface area contributed by atoms with Gasteiger partial charge in [0.1, 0.15) is 5.82 Å². The van der Waals surface area contributed by atoms with Gasteiger partial charge in [0.2, 0.25) is 0 Å². The van der Waals surface area contributed by atoms with Gasteiger partial charge in [0.05, 0.1) is 10.6 Å². The van der Waals surface area contributed by atoms with Crippen molar-refractivity contribution in [2.45, 2.75) is 6.92 Å². The van der Waals surface area contributed by atoms with Crippen molar-refractivity contribution in [1.29, 1.82) is 0 Å². The number of aryl methyl sites for hydroxylation is 1. The SMILES string of the molecule is Cc1noc2cc(-c3sc(C=O)cc3-c3ccncc3)c(F)cc12. The molecule has 0 radical (unpaired) electrons. The summed E-state index contributed by atoms with van der Waals surface area (Å²) in [7, 11) is 0. The molecule has 0 atom stereocenters. The molecule has 24 heavy (non-hydrogen) atoms. The normalized spacial score (nSPS) is 11.1. The molecule has 4 nitrogen and oxygen atoms in total. The Labute approximate surface area is 140 Å². The lowest BCUT2D eigenvalue weighted by atomic mass is 10.0. The number of hydrogen-bond acceptors (Lipinski definition) is 5. The van der Waals surface area contributed by atoms with Crippen LogP contribution in [0.25, 0.3) is 32.5 Å². The molecule has 6 heteroatoms. The van der Waals surface area contributed by atoms with Gasteiger partial charge in [0.25, 0.3) is 0 Å². The van der Waals surface area contributed by atoms with Gasteiger partial charge in [-0.1, -0.05) is 5.16 Å². The summed E-state index contributed by atoms with van der Waals surface area (Å²) < 4.78 is 20.0. The number of aromatic nitrogens is 2. The van der Waals surface area contributed by atoms with Gasteiger partial charge >= 0.3 is 0 Å². The van der Waals surface area contributed by atoms with E-state index in [1.165, 1.54) is 17.4 Å². The molecule has 0 aliphatic rings. The number of nitrogens with zero attached hydrogens (tertiary/aromatic N) is 2. The number of pyridine rings is 1. The summed E-state index contributed by atoms with van der Waals surface area (Å²) in [6.07, 6.45) is 4.10. The van der Waals surface area contributed by atoms with E-state index in [9.17, 15) is 9.18 Å². The van der Waals surface area contributed by atoms with Crippen LogP contribution in [0.15, 0.2) is 47.2 Å². The molecule has 0 amide bonds. The monoisotopic (exact) mass is 338 g/mol. The number of aldehydes is 1.